The molecule has 7 N–H and O–H groups in total. The van der Waals surface area contributed by atoms with Gasteiger partial charge in [-0.1, -0.05) is 296 Å². The van der Waals surface area contributed by atoms with Crippen molar-refractivity contribution in [2.75, 3.05) is 33.0 Å². The van der Waals surface area contributed by atoms with E-state index in [9.17, 15) is 40.5 Å². The van der Waals surface area contributed by atoms with E-state index in [4.69, 9.17) is 28.4 Å². The number of aliphatic hydroxyl groups excluding tert-OH is 7. The van der Waals surface area contributed by atoms with Crippen LogP contribution in [0.15, 0.2) is 12.2 Å². The van der Waals surface area contributed by atoms with E-state index in [-0.39, 0.29) is 25.6 Å². The highest BCUT2D eigenvalue weighted by Crippen LogP contribution is 2.27. The summed E-state index contributed by atoms with van der Waals surface area (Å²) in [7, 11) is 0. The van der Waals surface area contributed by atoms with Gasteiger partial charge in [0.25, 0.3) is 0 Å². The minimum Gasteiger partial charge on any atom is -0.457 e. The predicted octanol–water partition coefficient (Wildman–Crippen LogP) is 15.3. The van der Waals surface area contributed by atoms with Crippen molar-refractivity contribution in [3.05, 3.63) is 12.2 Å². The van der Waals surface area contributed by atoms with Crippen LogP contribution in [0.4, 0.5) is 0 Å². The largest absolute Gasteiger partial charge is 0.457 e. The normalized spacial score (nSPS) is 23.2. The first kappa shape index (κ1) is 78.8. The maximum atomic E-state index is 13.2. The number of ether oxygens (including phenoxy) is 6. The Bertz CT molecular complexity index is 1440. The van der Waals surface area contributed by atoms with E-state index in [1.807, 2.05) is 0 Å². The Morgan fingerprint density at radius 1 is 0.381 bits per heavy atom. The zero-order valence-electron chi connectivity index (χ0n) is 54.2. The van der Waals surface area contributed by atoms with Crippen LogP contribution in [-0.2, 0) is 33.2 Å². The van der Waals surface area contributed by atoms with Gasteiger partial charge in [-0.15, -0.1) is 0 Å². The van der Waals surface area contributed by atoms with Gasteiger partial charge in [0.2, 0.25) is 0 Å². The Balaban J connectivity index is 1.62. The molecule has 84 heavy (non-hydrogen) atoms. The lowest BCUT2D eigenvalue weighted by Crippen LogP contribution is -2.61. The Morgan fingerprint density at radius 3 is 1.08 bits per heavy atom. The van der Waals surface area contributed by atoms with Crippen molar-refractivity contribution in [1.29, 1.82) is 0 Å². The van der Waals surface area contributed by atoms with Gasteiger partial charge in [0.05, 0.1) is 26.4 Å². The lowest BCUT2D eigenvalue weighted by Gasteiger charge is -2.42. The molecule has 0 amide bonds. The third kappa shape index (κ3) is 41.9. The fraction of sp³-hybridized carbons (Fsp3) is 0.957. The standard InChI is InChI=1S/C70H134O14/c1-3-5-7-9-11-13-15-17-19-21-23-25-27-29-30-32-34-36-38-40-42-44-46-48-50-52-54-79-56-59(57-80-69-68(78)66(76)64(74)61(84-69)58-81-70-67(77)65(75)63(73)60(55-71)83-70)82-62(72)53-51-49-47-45-43-41-39-37-35-33-31-28-26-24-22-20-18-16-14-12-10-8-6-4-2/h21,23,59-61,63-71,73-78H,3-20,22,24-58H2,1-2H3/b23-21-. The first-order valence-corrected chi connectivity index (χ1v) is 35.8. The molecule has 14 nitrogen and oxygen atoms in total. The number of rotatable bonds is 61. The van der Waals surface area contributed by atoms with E-state index in [0.717, 1.165) is 44.9 Å². The average Bonchev–Trinajstić information content (AvgIpc) is 3.15. The van der Waals surface area contributed by atoms with E-state index < -0.39 is 80.7 Å². The Hall–Kier alpha value is -1.27. The first-order valence-electron chi connectivity index (χ1n) is 35.8. The van der Waals surface area contributed by atoms with Gasteiger partial charge < -0.3 is 64.2 Å². The summed E-state index contributed by atoms with van der Waals surface area (Å²) in [5.74, 6) is -0.365. The summed E-state index contributed by atoms with van der Waals surface area (Å²) in [6, 6.07) is 0. The Morgan fingerprint density at radius 2 is 0.702 bits per heavy atom. The molecule has 0 radical (unpaired) electrons. The molecular weight excluding hydrogens is 1060 g/mol. The fourth-order valence-corrected chi connectivity index (χ4v) is 11.8. The van der Waals surface area contributed by atoms with Gasteiger partial charge in [0, 0.05) is 13.0 Å². The van der Waals surface area contributed by atoms with Gasteiger partial charge in [0.1, 0.15) is 54.9 Å². The van der Waals surface area contributed by atoms with Crippen molar-refractivity contribution in [2.45, 2.75) is 396 Å². The summed E-state index contributed by atoms with van der Waals surface area (Å²) < 4.78 is 34.6. The molecule has 0 aromatic rings. The molecule has 0 aliphatic carbocycles. The average molecular weight is 1200 g/mol. The molecule has 2 fully saturated rings. The van der Waals surface area contributed by atoms with Gasteiger partial charge >= 0.3 is 5.97 Å². The maximum Gasteiger partial charge on any atom is 0.306 e. The molecule has 0 aromatic heterocycles. The summed E-state index contributed by atoms with van der Waals surface area (Å²) in [6.45, 7) is 3.78. The van der Waals surface area contributed by atoms with Crippen LogP contribution in [0, 0.1) is 0 Å². The highest BCUT2D eigenvalue weighted by Gasteiger charge is 2.47. The monoisotopic (exact) mass is 1200 g/mol. The number of hydrogen-bond donors (Lipinski definition) is 7. The topological polar surface area (TPSA) is 214 Å². The van der Waals surface area contributed by atoms with Gasteiger partial charge in [0.15, 0.2) is 12.6 Å². The number of allylic oxidation sites excluding steroid dienone is 2. The van der Waals surface area contributed by atoms with E-state index in [1.165, 1.54) is 263 Å². The second-order valence-corrected chi connectivity index (χ2v) is 25.4. The molecule has 2 aliphatic rings. The van der Waals surface area contributed by atoms with Crippen LogP contribution in [0.3, 0.4) is 0 Å². The number of carbonyl (C=O) groups excluding carboxylic acids is 1. The van der Waals surface area contributed by atoms with Crippen molar-refractivity contribution in [2.24, 2.45) is 0 Å². The third-order valence-electron chi connectivity index (χ3n) is 17.5. The molecule has 0 saturated carbocycles. The van der Waals surface area contributed by atoms with Crippen LogP contribution in [0.5, 0.6) is 0 Å². The van der Waals surface area contributed by atoms with E-state index in [2.05, 4.69) is 26.0 Å². The molecule has 11 atom stereocenters. The van der Waals surface area contributed by atoms with Crippen molar-refractivity contribution < 1.29 is 69.0 Å². The second-order valence-electron chi connectivity index (χ2n) is 25.4. The lowest BCUT2D eigenvalue weighted by molar-refractivity contribution is -0.332. The number of carbonyl (C=O) groups is 1. The summed E-state index contributed by atoms with van der Waals surface area (Å²) >= 11 is 0. The quantitative estimate of drug-likeness (QED) is 0.0171. The third-order valence-corrected chi connectivity index (χ3v) is 17.5. The molecule has 498 valence electrons. The van der Waals surface area contributed by atoms with E-state index in [1.54, 1.807) is 0 Å². The number of esters is 1. The van der Waals surface area contributed by atoms with Crippen LogP contribution in [0.2, 0.25) is 0 Å². The second kappa shape index (κ2) is 56.9. The van der Waals surface area contributed by atoms with E-state index >= 15 is 0 Å². The number of aliphatic hydroxyl groups is 7. The van der Waals surface area contributed by atoms with Gasteiger partial charge in [-0.2, -0.15) is 0 Å². The maximum absolute atomic E-state index is 13.2. The molecule has 11 unspecified atom stereocenters. The molecule has 0 aromatic carbocycles. The predicted molar refractivity (Wildman–Crippen MR) is 340 cm³/mol. The summed E-state index contributed by atoms with van der Waals surface area (Å²) in [5, 5.41) is 72.6. The SMILES string of the molecule is CCCCCCCCCC/C=C\CCCCCCCCCCCCCCCCOCC(COC1OC(COC2OC(CO)C(O)C(O)C2O)C(O)C(O)C1O)OC(=O)CCCCCCCCCCCCCCCCCCCCCCCCCC. The van der Waals surface area contributed by atoms with Gasteiger partial charge in [-0.3, -0.25) is 4.79 Å². The van der Waals surface area contributed by atoms with Crippen LogP contribution >= 0.6 is 0 Å². The van der Waals surface area contributed by atoms with Gasteiger partial charge in [-0.25, -0.2) is 0 Å². The van der Waals surface area contributed by atoms with Crippen molar-refractivity contribution in [3.63, 3.8) is 0 Å². The molecule has 0 spiro atoms. The zero-order chi connectivity index (χ0) is 60.8. The minimum atomic E-state index is -1.70. The summed E-state index contributed by atoms with van der Waals surface area (Å²) in [5.41, 5.74) is 0. The minimum absolute atomic E-state index is 0.0691. The summed E-state index contributed by atoms with van der Waals surface area (Å²) in [4.78, 5) is 13.2. The molecule has 2 aliphatic heterocycles. The number of unbranched alkanes of at least 4 members (excludes halogenated alkanes) is 45. The van der Waals surface area contributed by atoms with Crippen LogP contribution in [-0.4, -0.2) is 142 Å². The van der Waals surface area contributed by atoms with Crippen molar-refractivity contribution >= 4 is 5.97 Å². The first-order chi connectivity index (χ1) is 41.1. The molecule has 2 saturated heterocycles. The van der Waals surface area contributed by atoms with Crippen molar-refractivity contribution in [1.82, 2.24) is 0 Å². The van der Waals surface area contributed by atoms with Gasteiger partial charge in [-0.05, 0) is 38.5 Å². The Labute approximate surface area is 514 Å². The highest BCUT2D eigenvalue weighted by atomic mass is 16.7. The van der Waals surface area contributed by atoms with Crippen LogP contribution < -0.4 is 0 Å². The molecule has 14 heteroatoms. The zero-order valence-corrected chi connectivity index (χ0v) is 54.2. The fourth-order valence-electron chi connectivity index (χ4n) is 11.8. The molecule has 2 heterocycles. The summed E-state index contributed by atoms with van der Waals surface area (Å²) in [6.07, 6.45) is 51.5. The molecular formula is C70H134O14. The van der Waals surface area contributed by atoms with E-state index in [0.29, 0.717) is 6.61 Å². The highest BCUT2D eigenvalue weighted by molar-refractivity contribution is 5.69. The number of hydrogen-bond acceptors (Lipinski definition) is 14. The van der Waals surface area contributed by atoms with Crippen LogP contribution in [0.1, 0.15) is 328 Å². The lowest BCUT2D eigenvalue weighted by atomic mass is 9.98. The van der Waals surface area contributed by atoms with Crippen LogP contribution in [0.25, 0.3) is 0 Å². The van der Waals surface area contributed by atoms with Crippen molar-refractivity contribution in [3.8, 4) is 0 Å². The molecule has 2 rings (SSSR count). The molecule has 0 bridgehead atoms. The smallest absolute Gasteiger partial charge is 0.306 e. The Kier molecular flexibility index (Phi) is 53.4.